The lowest BCUT2D eigenvalue weighted by Crippen LogP contribution is -2.37. The summed E-state index contributed by atoms with van der Waals surface area (Å²) in [5, 5.41) is 12.7. The first-order chi connectivity index (χ1) is 8.98. The van der Waals surface area contributed by atoms with Gasteiger partial charge in [-0.2, -0.15) is 0 Å². The first-order valence-electron chi connectivity index (χ1n) is 6.77. The van der Waals surface area contributed by atoms with Crippen molar-refractivity contribution >= 4 is 0 Å². The van der Waals surface area contributed by atoms with Crippen LogP contribution in [-0.2, 0) is 0 Å². The Labute approximate surface area is 113 Å². The standard InChI is InChI=1S/C15H23F2NO/c1-4-15(5-2,10-19)9-18-11(3)13-7-6-12(16)8-14(13)17/h6-8,11,18-19H,4-5,9-10H2,1-3H3. The third-order valence-corrected chi connectivity index (χ3v) is 4.05. The van der Waals surface area contributed by atoms with E-state index in [-0.39, 0.29) is 18.1 Å². The Morgan fingerprint density at radius 1 is 1.26 bits per heavy atom. The van der Waals surface area contributed by atoms with Gasteiger partial charge >= 0.3 is 0 Å². The van der Waals surface area contributed by atoms with Gasteiger partial charge in [-0.1, -0.05) is 19.9 Å². The monoisotopic (exact) mass is 271 g/mol. The highest BCUT2D eigenvalue weighted by Gasteiger charge is 2.26. The first kappa shape index (κ1) is 16.1. The summed E-state index contributed by atoms with van der Waals surface area (Å²) < 4.78 is 26.5. The minimum atomic E-state index is -0.569. The van der Waals surface area contributed by atoms with E-state index in [1.807, 2.05) is 20.8 Å². The Balaban J connectivity index is 2.72. The van der Waals surface area contributed by atoms with Crippen LogP contribution in [-0.4, -0.2) is 18.3 Å². The molecule has 0 aliphatic heterocycles. The molecular weight excluding hydrogens is 248 g/mol. The maximum absolute atomic E-state index is 13.6. The third kappa shape index (κ3) is 3.98. The SMILES string of the molecule is CCC(CC)(CO)CNC(C)c1ccc(F)cc1F. The van der Waals surface area contributed by atoms with E-state index >= 15 is 0 Å². The number of halogens is 2. The number of aliphatic hydroxyl groups is 1. The van der Waals surface area contributed by atoms with Crippen molar-refractivity contribution in [1.29, 1.82) is 0 Å². The topological polar surface area (TPSA) is 32.3 Å². The predicted octanol–water partition coefficient (Wildman–Crippen LogP) is 3.41. The van der Waals surface area contributed by atoms with Gasteiger partial charge in [-0.15, -0.1) is 0 Å². The Morgan fingerprint density at radius 2 is 1.89 bits per heavy atom. The fraction of sp³-hybridized carbons (Fsp3) is 0.600. The van der Waals surface area contributed by atoms with Crippen molar-refractivity contribution in [3.05, 3.63) is 35.4 Å². The quantitative estimate of drug-likeness (QED) is 0.796. The molecule has 1 rings (SSSR count). The summed E-state index contributed by atoms with van der Waals surface area (Å²) in [5.41, 5.74) is 0.269. The van der Waals surface area contributed by atoms with Crippen molar-refractivity contribution in [3.8, 4) is 0 Å². The molecule has 2 nitrogen and oxygen atoms in total. The average Bonchev–Trinajstić information content (AvgIpc) is 2.40. The van der Waals surface area contributed by atoms with Gasteiger partial charge in [0, 0.05) is 36.2 Å². The molecule has 0 aliphatic rings. The molecule has 0 aliphatic carbocycles. The van der Waals surface area contributed by atoms with E-state index in [0.717, 1.165) is 18.9 Å². The largest absolute Gasteiger partial charge is 0.396 e. The van der Waals surface area contributed by atoms with Gasteiger partial charge in [0.25, 0.3) is 0 Å². The van der Waals surface area contributed by atoms with Gasteiger partial charge in [0.05, 0.1) is 0 Å². The highest BCUT2D eigenvalue weighted by molar-refractivity contribution is 5.21. The number of aliphatic hydroxyl groups excluding tert-OH is 1. The summed E-state index contributed by atoms with van der Waals surface area (Å²) in [6.07, 6.45) is 1.71. The van der Waals surface area contributed by atoms with Gasteiger partial charge < -0.3 is 10.4 Å². The van der Waals surface area contributed by atoms with Crippen LogP contribution < -0.4 is 5.32 Å². The molecule has 0 bridgehead atoms. The first-order valence-corrected chi connectivity index (χ1v) is 6.77. The minimum absolute atomic E-state index is 0.103. The van der Waals surface area contributed by atoms with Crippen LogP contribution >= 0.6 is 0 Å². The van der Waals surface area contributed by atoms with Crippen molar-refractivity contribution in [1.82, 2.24) is 5.32 Å². The zero-order valence-corrected chi connectivity index (χ0v) is 11.8. The van der Waals surface area contributed by atoms with Crippen LogP contribution in [0.5, 0.6) is 0 Å². The molecule has 1 unspecified atom stereocenters. The summed E-state index contributed by atoms with van der Waals surface area (Å²) in [7, 11) is 0. The van der Waals surface area contributed by atoms with Crippen molar-refractivity contribution in [3.63, 3.8) is 0 Å². The molecule has 0 amide bonds. The van der Waals surface area contributed by atoms with Crippen LogP contribution in [0, 0.1) is 17.0 Å². The molecule has 4 heteroatoms. The van der Waals surface area contributed by atoms with E-state index in [9.17, 15) is 13.9 Å². The van der Waals surface area contributed by atoms with Crippen molar-refractivity contribution in [2.75, 3.05) is 13.2 Å². The van der Waals surface area contributed by atoms with E-state index in [2.05, 4.69) is 5.32 Å². The summed E-state index contributed by atoms with van der Waals surface area (Å²) >= 11 is 0. The van der Waals surface area contributed by atoms with E-state index < -0.39 is 11.6 Å². The molecular formula is C15H23F2NO. The summed E-state index contributed by atoms with van der Waals surface area (Å²) in [5.74, 6) is -1.11. The zero-order chi connectivity index (χ0) is 14.5. The lowest BCUT2D eigenvalue weighted by molar-refractivity contribution is 0.110. The second-order valence-corrected chi connectivity index (χ2v) is 5.13. The number of hydrogen-bond donors (Lipinski definition) is 2. The van der Waals surface area contributed by atoms with Crippen LogP contribution in [0.15, 0.2) is 18.2 Å². The maximum atomic E-state index is 13.6. The Hall–Kier alpha value is -1.00. The summed E-state index contributed by atoms with van der Waals surface area (Å²) in [4.78, 5) is 0. The molecule has 0 spiro atoms. The summed E-state index contributed by atoms with van der Waals surface area (Å²) in [6.45, 7) is 6.61. The Kier molecular flexibility index (Phi) is 5.88. The van der Waals surface area contributed by atoms with Crippen molar-refractivity contribution in [2.24, 2.45) is 5.41 Å². The van der Waals surface area contributed by atoms with Crippen LogP contribution in [0.1, 0.15) is 45.2 Å². The van der Waals surface area contributed by atoms with E-state index in [4.69, 9.17) is 0 Å². The molecule has 1 aromatic rings. The van der Waals surface area contributed by atoms with Crippen molar-refractivity contribution in [2.45, 2.75) is 39.7 Å². The van der Waals surface area contributed by atoms with Gasteiger partial charge in [-0.25, -0.2) is 8.78 Å². The molecule has 0 saturated carbocycles. The number of benzene rings is 1. The molecule has 1 aromatic carbocycles. The highest BCUT2D eigenvalue weighted by Crippen LogP contribution is 2.26. The molecule has 0 saturated heterocycles. The second-order valence-electron chi connectivity index (χ2n) is 5.13. The second kappa shape index (κ2) is 6.96. The van der Waals surface area contributed by atoms with Gasteiger partial charge in [0.2, 0.25) is 0 Å². The van der Waals surface area contributed by atoms with Gasteiger partial charge in [0.15, 0.2) is 0 Å². The van der Waals surface area contributed by atoms with Crippen LogP contribution in [0.3, 0.4) is 0 Å². The van der Waals surface area contributed by atoms with Gasteiger partial charge in [0.1, 0.15) is 11.6 Å². The molecule has 2 N–H and O–H groups in total. The number of rotatable bonds is 7. The third-order valence-electron chi connectivity index (χ3n) is 4.05. The fourth-order valence-corrected chi connectivity index (χ4v) is 2.11. The molecule has 19 heavy (non-hydrogen) atoms. The fourth-order valence-electron chi connectivity index (χ4n) is 2.11. The zero-order valence-electron chi connectivity index (χ0n) is 11.8. The van der Waals surface area contributed by atoms with Crippen LogP contribution in [0.4, 0.5) is 8.78 Å². The molecule has 108 valence electrons. The van der Waals surface area contributed by atoms with Crippen LogP contribution in [0.25, 0.3) is 0 Å². The van der Waals surface area contributed by atoms with Gasteiger partial charge in [-0.05, 0) is 25.8 Å². The van der Waals surface area contributed by atoms with E-state index in [1.165, 1.54) is 12.1 Å². The summed E-state index contributed by atoms with van der Waals surface area (Å²) in [6, 6.07) is 3.40. The normalized spacial score (nSPS) is 13.6. The molecule has 0 aromatic heterocycles. The lowest BCUT2D eigenvalue weighted by Gasteiger charge is -2.31. The minimum Gasteiger partial charge on any atom is -0.396 e. The van der Waals surface area contributed by atoms with Gasteiger partial charge in [-0.3, -0.25) is 0 Å². The molecule has 0 heterocycles. The lowest BCUT2D eigenvalue weighted by atomic mass is 9.83. The number of nitrogens with one attached hydrogen (secondary N) is 1. The van der Waals surface area contributed by atoms with E-state index in [0.29, 0.717) is 12.1 Å². The molecule has 0 radical (unpaired) electrons. The predicted molar refractivity (Wildman–Crippen MR) is 72.9 cm³/mol. The smallest absolute Gasteiger partial charge is 0.130 e. The number of hydrogen-bond acceptors (Lipinski definition) is 2. The molecule has 1 atom stereocenters. The van der Waals surface area contributed by atoms with E-state index in [1.54, 1.807) is 0 Å². The Morgan fingerprint density at radius 3 is 2.37 bits per heavy atom. The van der Waals surface area contributed by atoms with Crippen molar-refractivity contribution < 1.29 is 13.9 Å². The van der Waals surface area contributed by atoms with Crippen LogP contribution in [0.2, 0.25) is 0 Å². The molecule has 0 fully saturated rings. The average molecular weight is 271 g/mol. The Bertz CT molecular complexity index is 397. The highest BCUT2D eigenvalue weighted by atomic mass is 19.1. The maximum Gasteiger partial charge on any atom is 0.130 e.